The number of hydrogen-bond acceptors (Lipinski definition) is 3. The molecule has 0 spiro atoms. The molecule has 0 aromatic heterocycles. The molecule has 0 unspecified atom stereocenters. The first-order valence-electron chi connectivity index (χ1n) is 8.36. The monoisotopic (exact) mass is 337 g/mol. The predicted octanol–water partition coefficient (Wildman–Crippen LogP) is 2.54. The Morgan fingerprint density at radius 1 is 1.22 bits per heavy atom. The molecule has 1 heterocycles. The van der Waals surface area contributed by atoms with Gasteiger partial charge >= 0.3 is 0 Å². The molecule has 0 radical (unpaired) electrons. The SMILES string of the molecule is C[C@@H](CN1CCCN(CC(=O)N(C)C)CC1)c1cccc(Cl)c1. The van der Waals surface area contributed by atoms with Gasteiger partial charge in [0.05, 0.1) is 6.54 Å². The van der Waals surface area contributed by atoms with Crippen LogP contribution < -0.4 is 0 Å². The summed E-state index contributed by atoms with van der Waals surface area (Å²) in [6.07, 6.45) is 1.11. The van der Waals surface area contributed by atoms with Crippen LogP contribution in [0.1, 0.15) is 24.8 Å². The lowest BCUT2D eigenvalue weighted by Gasteiger charge is -2.25. The fraction of sp³-hybridized carbons (Fsp3) is 0.611. The topological polar surface area (TPSA) is 26.8 Å². The standard InChI is InChI=1S/C18H28ClN3O/c1-15(16-6-4-7-17(19)12-16)13-21-8-5-9-22(11-10-21)14-18(23)20(2)3/h4,6-7,12,15H,5,8-11,13-14H2,1-3H3/t15-/m0/s1. The second kappa shape index (κ2) is 8.67. The third-order valence-corrected chi connectivity index (χ3v) is 4.72. The summed E-state index contributed by atoms with van der Waals surface area (Å²) >= 11 is 6.09. The molecule has 1 aromatic carbocycles. The second-order valence-electron chi connectivity index (χ2n) is 6.67. The van der Waals surface area contributed by atoms with Gasteiger partial charge in [0.2, 0.25) is 5.91 Å². The van der Waals surface area contributed by atoms with Gasteiger partial charge in [-0.15, -0.1) is 0 Å². The summed E-state index contributed by atoms with van der Waals surface area (Å²) < 4.78 is 0. The molecule has 5 heteroatoms. The summed E-state index contributed by atoms with van der Waals surface area (Å²) in [4.78, 5) is 18.3. The van der Waals surface area contributed by atoms with Gasteiger partial charge in [-0.1, -0.05) is 30.7 Å². The van der Waals surface area contributed by atoms with E-state index < -0.39 is 0 Å². The molecule has 0 N–H and O–H groups in total. The molecule has 0 bridgehead atoms. The molecular weight excluding hydrogens is 310 g/mol. The summed E-state index contributed by atoms with van der Waals surface area (Å²) in [5, 5.41) is 0.804. The molecule has 4 nitrogen and oxygen atoms in total. The molecule has 0 saturated carbocycles. The maximum Gasteiger partial charge on any atom is 0.236 e. The van der Waals surface area contributed by atoms with Crippen molar-refractivity contribution in [3.8, 4) is 0 Å². The molecule has 0 aliphatic carbocycles. The molecule has 1 amide bonds. The van der Waals surface area contributed by atoms with Crippen molar-refractivity contribution in [3.63, 3.8) is 0 Å². The van der Waals surface area contributed by atoms with E-state index in [1.54, 1.807) is 4.90 Å². The van der Waals surface area contributed by atoms with Crippen LogP contribution in [-0.2, 0) is 4.79 Å². The summed E-state index contributed by atoms with van der Waals surface area (Å²) in [5.41, 5.74) is 1.29. The molecular formula is C18H28ClN3O. The summed E-state index contributed by atoms with van der Waals surface area (Å²) in [5.74, 6) is 0.648. The number of rotatable bonds is 5. The van der Waals surface area contributed by atoms with Crippen molar-refractivity contribution in [2.24, 2.45) is 0 Å². The zero-order valence-corrected chi connectivity index (χ0v) is 15.2. The number of likely N-dealkylation sites (N-methyl/N-ethyl adjacent to an activating group) is 1. The largest absolute Gasteiger partial charge is 0.348 e. The summed E-state index contributed by atoms with van der Waals surface area (Å²) in [6.45, 7) is 7.90. The minimum Gasteiger partial charge on any atom is -0.348 e. The summed E-state index contributed by atoms with van der Waals surface area (Å²) in [6, 6.07) is 8.15. The fourth-order valence-corrected chi connectivity index (χ4v) is 3.20. The van der Waals surface area contributed by atoms with Gasteiger partial charge in [0.1, 0.15) is 0 Å². The van der Waals surface area contributed by atoms with E-state index in [0.29, 0.717) is 12.5 Å². The van der Waals surface area contributed by atoms with Crippen molar-refractivity contribution in [1.82, 2.24) is 14.7 Å². The van der Waals surface area contributed by atoms with E-state index in [1.165, 1.54) is 5.56 Å². The van der Waals surface area contributed by atoms with E-state index >= 15 is 0 Å². The molecule has 1 atom stereocenters. The molecule has 23 heavy (non-hydrogen) atoms. The first-order valence-corrected chi connectivity index (χ1v) is 8.74. The predicted molar refractivity (Wildman–Crippen MR) is 96.1 cm³/mol. The zero-order chi connectivity index (χ0) is 16.8. The first-order chi connectivity index (χ1) is 11.0. The van der Waals surface area contributed by atoms with Crippen LogP contribution in [0.3, 0.4) is 0 Å². The Labute approximate surface area is 145 Å². The van der Waals surface area contributed by atoms with Crippen LogP contribution >= 0.6 is 11.6 Å². The van der Waals surface area contributed by atoms with E-state index in [4.69, 9.17) is 11.6 Å². The minimum atomic E-state index is 0.186. The van der Waals surface area contributed by atoms with Gasteiger partial charge in [0.25, 0.3) is 0 Å². The Balaban J connectivity index is 1.84. The quantitative estimate of drug-likeness (QED) is 0.826. The van der Waals surface area contributed by atoms with E-state index in [0.717, 1.165) is 44.2 Å². The van der Waals surface area contributed by atoms with E-state index in [2.05, 4.69) is 28.9 Å². The average Bonchev–Trinajstić information content (AvgIpc) is 2.72. The first kappa shape index (κ1) is 18.2. The Hall–Kier alpha value is -1.10. The molecule has 1 saturated heterocycles. The molecule has 1 aliphatic heterocycles. The van der Waals surface area contributed by atoms with Crippen molar-refractivity contribution in [3.05, 3.63) is 34.9 Å². The third kappa shape index (κ3) is 5.79. The molecule has 128 valence electrons. The van der Waals surface area contributed by atoms with Crippen LogP contribution in [0.15, 0.2) is 24.3 Å². The fourth-order valence-electron chi connectivity index (χ4n) is 3.00. The van der Waals surface area contributed by atoms with Gasteiger partial charge in [-0.2, -0.15) is 0 Å². The number of hydrogen-bond donors (Lipinski definition) is 0. The Kier molecular flexibility index (Phi) is 6.88. The van der Waals surface area contributed by atoms with Crippen LogP contribution in [0.25, 0.3) is 0 Å². The number of amides is 1. The zero-order valence-electron chi connectivity index (χ0n) is 14.5. The van der Waals surface area contributed by atoms with Crippen LogP contribution in [0.5, 0.6) is 0 Å². The van der Waals surface area contributed by atoms with Crippen LogP contribution in [0.4, 0.5) is 0 Å². The number of halogens is 1. The summed E-state index contributed by atoms with van der Waals surface area (Å²) in [7, 11) is 3.64. The molecule has 1 aromatic rings. The van der Waals surface area contributed by atoms with Gasteiger partial charge in [-0.3, -0.25) is 9.69 Å². The molecule has 1 fully saturated rings. The molecule has 2 rings (SSSR count). The highest BCUT2D eigenvalue weighted by Crippen LogP contribution is 2.21. The van der Waals surface area contributed by atoms with Gasteiger partial charge in [0.15, 0.2) is 0 Å². The van der Waals surface area contributed by atoms with Crippen molar-refractivity contribution in [2.45, 2.75) is 19.3 Å². The Bertz CT molecular complexity index is 521. The van der Waals surface area contributed by atoms with E-state index in [1.807, 2.05) is 26.2 Å². The van der Waals surface area contributed by atoms with Crippen LogP contribution in [0.2, 0.25) is 5.02 Å². The van der Waals surface area contributed by atoms with Crippen molar-refractivity contribution >= 4 is 17.5 Å². The van der Waals surface area contributed by atoms with Gasteiger partial charge < -0.3 is 9.80 Å². The van der Waals surface area contributed by atoms with Crippen molar-refractivity contribution in [2.75, 3.05) is 53.4 Å². The lowest BCUT2D eigenvalue weighted by Crippen LogP contribution is -2.39. The highest BCUT2D eigenvalue weighted by atomic mass is 35.5. The van der Waals surface area contributed by atoms with Gasteiger partial charge in [0, 0.05) is 38.8 Å². The maximum atomic E-state index is 11.9. The third-order valence-electron chi connectivity index (χ3n) is 4.49. The minimum absolute atomic E-state index is 0.186. The number of nitrogens with zero attached hydrogens (tertiary/aromatic N) is 3. The lowest BCUT2D eigenvalue weighted by atomic mass is 10.0. The smallest absolute Gasteiger partial charge is 0.236 e. The number of carbonyl (C=O) groups excluding carboxylic acids is 1. The van der Waals surface area contributed by atoms with E-state index in [9.17, 15) is 4.79 Å². The molecule has 1 aliphatic rings. The number of benzene rings is 1. The maximum absolute atomic E-state index is 11.9. The van der Waals surface area contributed by atoms with Gasteiger partial charge in [-0.05, 0) is 43.1 Å². The highest BCUT2D eigenvalue weighted by Gasteiger charge is 2.19. The number of carbonyl (C=O) groups is 1. The normalized spacial score (nSPS) is 18.4. The second-order valence-corrected chi connectivity index (χ2v) is 7.11. The lowest BCUT2D eigenvalue weighted by molar-refractivity contribution is -0.129. The van der Waals surface area contributed by atoms with Crippen LogP contribution in [-0.4, -0.2) is 74.0 Å². The van der Waals surface area contributed by atoms with Gasteiger partial charge in [-0.25, -0.2) is 0 Å². The van der Waals surface area contributed by atoms with Crippen LogP contribution in [0, 0.1) is 0 Å². The average molecular weight is 338 g/mol. The Morgan fingerprint density at radius 2 is 1.91 bits per heavy atom. The Morgan fingerprint density at radius 3 is 2.61 bits per heavy atom. The van der Waals surface area contributed by atoms with E-state index in [-0.39, 0.29) is 5.91 Å². The van der Waals surface area contributed by atoms with Crippen molar-refractivity contribution < 1.29 is 4.79 Å². The highest BCUT2D eigenvalue weighted by molar-refractivity contribution is 6.30. The van der Waals surface area contributed by atoms with Crippen molar-refractivity contribution in [1.29, 1.82) is 0 Å².